The highest BCUT2D eigenvalue weighted by atomic mass is 79.9. The Kier molecular flexibility index (Phi) is 3.82. The predicted octanol–water partition coefficient (Wildman–Crippen LogP) is 2.41. The minimum Gasteiger partial charge on any atom is -0.356 e. The normalized spacial score (nSPS) is 25.8. The Balaban J connectivity index is 2.08. The Labute approximate surface area is 105 Å². The molecular formula is C12H18BrN3. The molecule has 2 rings (SSSR count). The van der Waals surface area contributed by atoms with E-state index in [2.05, 4.69) is 38.8 Å². The molecule has 1 aromatic heterocycles. The van der Waals surface area contributed by atoms with Gasteiger partial charge in [-0.3, -0.25) is 0 Å². The maximum absolute atomic E-state index is 6.10. The van der Waals surface area contributed by atoms with Gasteiger partial charge in [0.05, 0.1) is 0 Å². The van der Waals surface area contributed by atoms with Crippen LogP contribution in [0.5, 0.6) is 0 Å². The summed E-state index contributed by atoms with van der Waals surface area (Å²) < 4.78 is 1.03. The summed E-state index contributed by atoms with van der Waals surface area (Å²) in [6.07, 6.45) is 4.06. The van der Waals surface area contributed by atoms with Crippen LogP contribution < -0.4 is 10.6 Å². The van der Waals surface area contributed by atoms with Crippen LogP contribution in [0.25, 0.3) is 0 Å². The molecule has 0 amide bonds. The molecule has 0 saturated carbocycles. The van der Waals surface area contributed by atoms with Crippen LogP contribution >= 0.6 is 15.9 Å². The van der Waals surface area contributed by atoms with Crippen LogP contribution in [0.1, 0.15) is 19.8 Å². The highest BCUT2D eigenvalue weighted by molar-refractivity contribution is 9.10. The molecule has 2 atom stereocenters. The van der Waals surface area contributed by atoms with Crippen LogP contribution in [0.4, 0.5) is 5.82 Å². The standard InChI is InChI=1S/C12H18BrN3/c1-2-9-8-16(6-5-11(9)14)12-4-3-10(13)7-15-12/h3-4,7,9,11H,2,5-6,8,14H2,1H3. The summed E-state index contributed by atoms with van der Waals surface area (Å²) in [4.78, 5) is 6.77. The van der Waals surface area contributed by atoms with Gasteiger partial charge < -0.3 is 10.6 Å². The van der Waals surface area contributed by atoms with Crippen molar-refractivity contribution >= 4 is 21.7 Å². The van der Waals surface area contributed by atoms with Gasteiger partial charge in [-0.2, -0.15) is 0 Å². The lowest BCUT2D eigenvalue weighted by atomic mass is 9.91. The molecule has 1 aromatic rings. The van der Waals surface area contributed by atoms with Crippen molar-refractivity contribution in [1.29, 1.82) is 0 Å². The van der Waals surface area contributed by atoms with Gasteiger partial charge in [-0.15, -0.1) is 0 Å². The zero-order valence-electron chi connectivity index (χ0n) is 9.56. The molecule has 16 heavy (non-hydrogen) atoms. The van der Waals surface area contributed by atoms with Crippen LogP contribution in [-0.2, 0) is 0 Å². The van der Waals surface area contributed by atoms with Crippen molar-refractivity contribution in [1.82, 2.24) is 4.98 Å². The molecule has 4 heteroatoms. The van der Waals surface area contributed by atoms with Gasteiger partial charge in [0.1, 0.15) is 5.82 Å². The van der Waals surface area contributed by atoms with Gasteiger partial charge in [-0.25, -0.2) is 4.98 Å². The van der Waals surface area contributed by atoms with E-state index in [1.165, 1.54) is 0 Å². The summed E-state index contributed by atoms with van der Waals surface area (Å²) in [5, 5.41) is 0. The quantitative estimate of drug-likeness (QED) is 0.906. The second-order valence-corrected chi connectivity index (χ2v) is 5.32. The monoisotopic (exact) mass is 283 g/mol. The molecule has 0 spiro atoms. The molecule has 0 aromatic carbocycles. The molecule has 2 N–H and O–H groups in total. The zero-order valence-corrected chi connectivity index (χ0v) is 11.2. The van der Waals surface area contributed by atoms with Gasteiger partial charge in [0, 0.05) is 29.8 Å². The summed E-state index contributed by atoms with van der Waals surface area (Å²) in [5.74, 6) is 1.66. The number of nitrogens with zero attached hydrogens (tertiary/aromatic N) is 2. The highest BCUT2D eigenvalue weighted by Crippen LogP contribution is 2.23. The van der Waals surface area contributed by atoms with Gasteiger partial charge in [-0.05, 0) is 40.4 Å². The molecule has 0 radical (unpaired) electrons. The molecule has 2 heterocycles. The number of pyridine rings is 1. The zero-order chi connectivity index (χ0) is 11.5. The summed E-state index contributed by atoms with van der Waals surface area (Å²) in [5.41, 5.74) is 6.10. The van der Waals surface area contributed by atoms with E-state index in [1.807, 2.05) is 12.3 Å². The molecule has 1 saturated heterocycles. The fourth-order valence-corrected chi connectivity index (χ4v) is 2.48. The predicted molar refractivity (Wildman–Crippen MR) is 70.5 cm³/mol. The third-order valence-electron chi connectivity index (χ3n) is 3.35. The fourth-order valence-electron chi connectivity index (χ4n) is 2.25. The van der Waals surface area contributed by atoms with Gasteiger partial charge in [0.2, 0.25) is 0 Å². The van der Waals surface area contributed by atoms with Crippen molar-refractivity contribution in [2.24, 2.45) is 11.7 Å². The Morgan fingerprint density at radius 2 is 2.38 bits per heavy atom. The molecule has 1 aliphatic rings. The molecule has 1 aliphatic heterocycles. The first kappa shape index (κ1) is 11.9. The van der Waals surface area contributed by atoms with E-state index in [0.29, 0.717) is 12.0 Å². The Morgan fingerprint density at radius 3 is 3.00 bits per heavy atom. The van der Waals surface area contributed by atoms with Crippen molar-refractivity contribution in [3.05, 3.63) is 22.8 Å². The molecule has 88 valence electrons. The van der Waals surface area contributed by atoms with E-state index in [9.17, 15) is 0 Å². The second-order valence-electron chi connectivity index (χ2n) is 4.40. The van der Waals surface area contributed by atoms with Crippen LogP contribution in [-0.4, -0.2) is 24.1 Å². The summed E-state index contributed by atoms with van der Waals surface area (Å²) in [6.45, 7) is 4.27. The number of rotatable bonds is 2. The average Bonchev–Trinajstić information content (AvgIpc) is 2.31. The van der Waals surface area contributed by atoms with Gasteiger partial charge in [0.25, 0.3) is 0 Å². The van der Waals surface area contributed by atoms with Crippen LogP contribution in [0, 0.1) is 5.92 Å². The number of hydrogen-bond donors (Lipinski definition) is 1. The van der Waals surface area contributed by atoms with Crippen LogP contribution in [0.15, 0.2) is 22.8 Å². The molecule has 3 nitrogen and oxygen atoms in total. The molecule has 0 bridgehead atoms. The van der Waals surface area contributed by atoms with E-state index in [1.54, 1.807) is 0 Å². The number of halogens is 1. The van der Waals surface area contributed by atoms with E-state index in [-0.39, 0.29) is 0 Å². The van der Waals surface area contributed by atoms with E-state index in [4.69, 9.17) is 5.73 Å². The largest absolute Gasteiger partial charge is 0.356 e. The van der Waals surface area contributed by atoms with Gasteiger partial charge in [-0.1, -0.05) is 13.3 Å². The van der Waals surface area contributed by atoms with Crippen molar-refractivity contribution < 1.29 is 0 Å². The number of piperidine rings is 1. The van der Waals surface area contributed by atoms with E-state index < -0.39 is 0 Å². The molecular weight excluding hydrogens is 266 g/mol. The summed E-state index contributed by atoms with van der Waals surface area (Å²) in [6, 6.07) is 4.46. The van der Waals surface area contributed by atoms with Gasteiger partial charge >= 0.3 is 0 Å². The van der Waals surface area contributed by atoms with Crippen molar-refractivity contribution in [2.75, 3.05) is 18.0 Å². The maximum Gasteiger partial charge on any atom is 0.128 e. The minimum atomic E-state index is 0.358. The third kappa shape index (κ3) is 2.55. The molecule has 1 fully saturated rings. The van der Waals surface area contributed by atoms with Crippen molar-refractivity contribution in [3.63, 3.8) is 0 Å². The number of nitrogens with two attached hydrogens (primary N) is 1. The Morgan fingerprint density at radius 1 is 1.56 bits per heavy atom. The maximum atomic E-state index is 6.10. The first-order valence-electron chi connectivity index (χ1n) is 5.82. The lowest BCUT2D eigenvalue weighted by molar-refractivity contribution is 0.347. The SMILES string of the molecule is CCC1CN(c2ccc(Br)cn2)CCC1N. The van der Waals surface area contributed by atoms with Crippen molar-refractivity contribution in [2.45, 2.75) is 25.8 Å². The highest BCUT2D eigenvalue weighted by Gasteiger charge is 2.25. The van der Waals surface area contributed by atoms with E-state index in [0.717, 1.165) is 36.2 Å². The number of hydrogen-bond acceptors (Lipinski definition) is 3. The van der Waals surface area contributed by atoms with Crippen LogP contribution in [0.3, 0.4) is 0 Å². The number of anilines is 1. The lowest BCUT2D eigenvalue weighted by Crippen LogP contribution is -2.47. The Hall–Kier alpha value is -0.610. The van der Waals surface area contributed by atoms with Crippen molar-refractivity contribution in [3.8, 4) is 0 Å². The third-order valence-corrected chi connectivity index (χ3v) is 3.82. The smallest absolute Gasteiger partial charge is 0.128 e. The van der Waals surface area contributed by atoms with Gasteiger partial charge in [0.15, 0.2) is 0 Å². The first-order valence-corrected chi connectivity index (χ1v) is 6.62. The first-order chi connectivity index (χ1) is 7.70. The number of aromatic nitrogens is 1. The fraction of sp³-hybridized carbons (Fsp3) is 0.583. The molecule has 2 unspecified atom stereocenters. The topological polar surface area (TPSA) is 42.2 Å². The minimum absolute atomic E-state index is 0.358. The summed E-state index contributed by atoms with van der Waals surface area (Å²) >= 11 is 3.40. The lowest BCUT2D eigenvalue weighted by Gasteiger charge is -2.37. The van der Waals surface area contributed by atoms with E-state index >= 15 is 0 Å². The molecule has 0 aliphatic carbocycles. The second kappa shape index (κ2) is 5.15. The Bertz CT molecular complexity index is 339. The van der Waals surface area contributed by atoms with Crippen LogP contribution in [0.2, 0.25) is 0 Å². The summed E-state index contributed by atoms with van der Waals surface area (Å²) in [7, 11) is 0. The average molecular weight is 284 g/mol.